The Balaban J connectivity index is 2.50. The summed E-state index contributed by atoms with van der Waals surface area (Å²) < 4.78 is 5.25. The summed E-state index contributed by atoms with van der Waals surface area (Å²) in [5.74, 6) is 0.256. The Hall–Kier alpha value is -0.670. The Morgan fingerprint density at radius 2 is 2.31 bits per heavy atom. The van der Waals surface area contributed by atoms with Gasteiger partial charge in [0.2, 0.25) is 0 Å². The number of likely N-dealkylation sites (N-methyl/N-ethyl adjacent to an activating group) is 1. The monoisotopic (exact) mass is 183 g/mol. The molecule has 74 valence electrons. The maximum absolute atomic E-state index is 11.6. The van der Waals surface area contributed by atoms with E-state index in [2.05, 4.69) is 11.9 Å². The number of rotatable bonds is 4. The van der Waals surface area contributed by atoms with Crippen LogP contribution in [0.5, 0.6) is 0 Å². The molecule has 0 saturated carbocycles. The first-order chi connectivity index (χ1) is 6.15. The first-order valence-electron chi connectivity index (χ1n) is 4.57. The highest BCUT2D eigenvalue weighted by molar-refractivity contribution is 5.84. The topological polar surface area (TPSA) is 38.3 Å². The molecule has 0 amide bonds. The summed E-state index contributed by atoms with van der Waals surface area (Å²) in [6, 6.07) is 0.187. The van der Waals surface area contributed by atoms with Crippen LogP contribution in [-0.4, -0.2) is 32.1 Å². The Labute approximate surface area is 79.2 Å². The third-order valence-corrected chi connectivity index (χ3v) is 2.34. The molecule has 0 aromatic carbocycles. The van der Waals surface area contributed by atoms with Crippen molar-refractivity contribution in [3.63, 3.8) is 0 Å². The van der Waals surface area contributed by atoms with Crippen LogP contribution in [0.2, 0.25) is 0 Å². The van der Waals surface area contributed by atoms with Gasteiger partial charge in [-0.2, -0.15) is 0 Å². The van der Waals surface area contributed by atoms with Crippen LogP contribution in [0.3, 0.4) is 0 Å². The second kappa shape index (κ2) is 4.53. The zero-order valence-corrected chi connectivity index (χ0v) is 8.30. The maximum atomic E-state index is 11.6. The first kappa shape index (κ1) is 10.4. The van der Waals surface area contributed by atoms with Crippen molar-refractivity contribution < 1.29 is 9.53 Å². The molecule has 1 aliphatic rings. The van der Waals surface area contributed by atoms with Crippen LogP contribution in [0.25, 0.3) is 0 Å². The molecule has 3 heteroatoms. The number of carbonyl (C=O) groups is 1. The van der Waals surface area contributed by atoms with E-state index in [0.29, 0.717) is 19.6 Å². The zero-order chi connectivity index (χ0) is 9.84. The minimum absolute atomic E-state index is 0.0155. The molecular weight excluding hydrogens is 166 g/mol. The maximum Gasteiger partial charge on any atom is 0.143 e. The largest absolute Gasteiger partial charge is 0.379 e. The van der Waals surface area contributed by atoms with Gasteiger partial charge in [0.05, 0.1) is 19.1 Å². The van der Waals surface area contributed by atoms with Gasteiger partial charge < -0.3 is 10.1 Å². The van der Waals surface area contributed by atoms with E-state index in [1.165, 1.54) is 0 Å². The van der Waals surface area contributed by atoms with Crippen LogP contribution >= 0.6 is 0 Å². The number of nitrogens with one attached hydrogen (secondary N) is 1. The molecule has 1 fully saturated rings. The summed E-state index contributed by atoms with van der Waals surface area (Å²) in [5.41, 5.74) is 0.923. The van der Waals surface area contributed by atoms with Gasteiger partial charge >= 0.3 is 0 Å². The van der Waals surface area contributed by atoms with Crippen LogP contribution in [0.15, 0.2) is 12.2 Å². The lowest BCUT2D eigenvalue weighted by Crippen LogP contribution is -2.36. The summed E-state index contributed by atoms with van der Waals surface area (Å²) in [7, 11) is 1.86. The minimum Gasteiger partial charge on any atom is -0.379 e. The molecule has 0 aromatic rings. The van der Waals surface area contributed by atoms with E-state index in [1.54, 1.807) is 0 Å². The van der Waals surface area contributed by atoms with Gasteiger partial charge in [0, 0.05) is 12.5 Å². The number of ketones is 1. The fraction of sp³-hybridized carbons (Fsp3) is 0.700. The highest BCUT2D eigenvalue weighted by Gasteiger charge is 2.32. The number of hydrogen-bond donors (Lipinski definition) is 1. The average Bonchev–Trinajstić information content (AvgIpc) is 2.49. The van der Waals surface area contributed by atoms with E-state index in [4.69, 9.17) is 4.74 Å². The fourth-order valence-electron chi connectivity index (χ4n) is 1.58. The molecular formula is C10H17NO2. The summed E-state index contributed by atoms with van der Waals surface area (Å²) in [4.78, 5) is 11.6. The molecule has 0 spiro atoms. The molecule has 1 N–H and O–H groups in total. The molecule has 0 bridgehead atoms. The first-order valence-corrected chi connectivity index (χ1v) is 4.57. The molecule has 1 aliphatic heterocycles. The second-order valence-corrected chi connectivity index (χ2v) is 3.64. The molecule has 0 radical (unpaired) electrons. The van der Waals surface area contributed by atoms with Gasteiger partial charge in [0.25, 0.3) is 0 Å². The van der Waals surface area contributed by atoms with Crippen LogP contribution in [0, 0.1) is 5.92 Å². The van der Waals surface area contributed by atoms with Crippen LogP contribution in [-0.2, 0) is 9.53 Å². The van der Waals surface area contributed by atoms with Gasteiger partial charge in [-0.05, 0) is 14.0 Å². The highest BCUT2D eigenvalue weighted by atomic mass is 16.5. The predicted molar refractivity (Wildman–Crippen MR) is 51.6 cm³/mol. The summed E-state index contributed by atoms with van der Waals surface area (Å²) in [6.07, 6.45) is 0.478. The standard InChI is InChI=1S/C10H17NO2/c1-7(2)4-10(12)8-5-13-6-9(8)11-3/h8-9,11H,1,4-6H2,2-3H3. The second-order valence-electron chi connectivity index (χ2n) is 3.64. The highest BCUT2D eigenvalue weighted by Crippen LogP contribution is 2.17. The van der Waals surface area contributed by atoms with E-state index in [1.807, 2.05) is 14.0 Å². The minimum atomic E-state index is 0.0155. The van der Waals surface area contributed by atoms with Gasteiger partial charge in [0.15, 0.2) is 0 Å². The van der Waals surface area contributed by atoms with Crippen molar-refractivity contribution in [3.8, 4) is 0 Å². The molecule has 0 aliphatic carbocycles. The molecule has 2 atom stereocenters. The molecule has 3 nitrogen and oxygen atoms in total. The van der Waals surface area contributed by atoms with Gasteiger partial charge in [-0.15, -0.1) is 0 Å². The summed E-state index contributed by atoms with van der Waals surface area (Å²) >= 11 is 0. The van der Waals surface area contributed by atoms with Crippen molar-refractivity contribution >= 4 is 5.78 Å². The van der Waals surface area contributed by atoms with Crippen molar-refractivity contribution in [2.45, 2.75) is 19.4 Å². The van der Waals surface area contributed by atoms with E-state index < -0.39 is 0 Å². The number of carbonyl (C=O) groups excluding carboxylic acids is 1. The summed E-state index contributed by atoms with van der Waals surface area (Å²) in [5, 5.41) is 3.09. The lowest BCUT2D eigenvalue weighted by molar-refractivity contribution is -0.122. The normalized spacial score (nSPS) is 27.5. The van der Waals surface area contributed by atoms with Crippen molar-refractivity contribution in [2.75, 3.05) is 20.3 Å². The lowest BCUT2D eigenvalue weighted by atomic mass is 9.94. The van der Waals surface area contributed by atoms with Gasteiger partial charge in [-0.3, -0.25) is 4.79 Å². The van der Waals surface area contributed by atoms with Crippen molar-refractivity contribution in [1.29, 1.82) is 0 Å². The van der Waals surface area contributed by atoms with Gasteiger partial charge in [-0.25, -0.2) is 0 Å². The molecule has 1 saturated heterocycles. The van der Waals surface area contributed by atoms with Crippen molar-refractivity contribution in [2.24, 2.45) is 5.92 Å². The Kier molecular flexibility index (Phi) is 3.63. The fourth-order valence-corrected chi connectivity index (χ4v) is 1.58. The average molecular weight is 183 g/mol. The van der Waals surface area contributed by atoms with Gasteiger partial charge in [-0.1, -0.05) is 12.2 Å². The van der Waals surface area contributed by atoms with Crippen molar-refractivity contribution in [3.05, 3.63) is 12.2 Å². The third-order valence-electron chi connectivity index (χ3n) is 2.34. The predicted octanol–water partition coefficient (Wildman–Crippen LogP) is 0.756. The Morgan fingerprint density at radius 3 is 2.85 bits per heavy atom. The Morgan fingerprint density at radius 1 is 1.62 bits per heavy atom. The number of Topliss-reactive ketones (excluding diaryl/α,β-unsaturated/α-hetero) is 1. The van der Waals surface area contributed by atoms with Crippen LogP contribution in [0.4, 0.5) is 0 Å². The molecule has 13 heavy (non-hydrogen) atoms. The number of hydrogen-bond acceptors (Lipinski definition) is 3. The van der Waals surface area contributed by atoms with Crippen molar-refractivity contribution in [1.82, 2.24) is 5.32 Å². The molecule has 2 unspecified atom stereocenters. The molecule has 1 heterocycles. The smallest absolute Gasteiger partial charge is 0.143 e. The van der Waals surface area contributed by atoms with Crippen LogP contribution in [0.1, 0.15) is 13.3 Å². The summed E-state index contributed by atoms with van der Waals surface area (Å²) in [6.45, 7) is 6.81. The van der Waals surface area contributed by atoms with E-state index in [-0.39, 0.29) is 17.7 Å². The van der Waals surface area contributed by atoms with E-state index in [0.717, 1.165) is 5.57 Å². The third kappa shape index (κ3) is 2.64. The van der Waals surface area contributed by atoms with Crippen LogP contribution < -0.4 is 5.32 Å². The number of allylic oxidation sites excluding steroid dienone is 1. The quantitative estimate of drug-likeness (QED) is 0.654. The molecule has 1 rings (SSSR count). The Bertz CT molecular complexity index is 213. The SMILES string of the molecule is C=C(C)CC(=O)C1COCC1NC. The van der Waals surface area contributed by atoms with Gasteiger partial charge in [0.1, 0.15) is 5.78 Å². The van der Waals surface area contributed by atoms with E-state index >= 15 is 0 Å². The van der Waals surface area contributed by atoms with E-state index in [9.17, 15) is 4.79 Å². The lowest BCUT2D eigenvalue weighted by Gasteiger charge is -2.15. The molecule has 0 aromatic heterocycles. The number of ether oxygens (including phenoxy) is 1. The zero-order valence-electron chi connectivity index (χ0n) is 8.30.